The molecule has 0 radical (unpaired) electrons. The third kappa shape index (κ3) is 3.06. The van der Waals surface area contributed by atoms with Gasteiger partial charge in [0.05, 0.1) is 0 Å². The van der Waals surface area contributed by atoms with Gasteiger partial charge in [-0.15, -0.1) is 0 Å². The highest BCUT2D eigenvalue weighted by Gasteiger charge is 2.21. The second-order valence-corrected chi connectivity index (χ2v) is 5.17. The van der Waals surface area contributed by atoms with Crippen molar-refractivity contribution in [3.8, 4) is 0 Å². The predicted molar refractivity (Wildman–Crippen MR) is 63.8 cm³/mol. The van der Waals surface area contributed by atoms with Gasteiger partial charge < -0.3 is 25.0 Å². The van der Waals surface area contributed by atoms with Crippen molar-refractivity contribution in [1.29, 1.82) is 0 Å². The number of nitrogens with zero attached hydrogens (tertiary/aromatic N) is 4. The minimum absolute atomic E-state index is 0.189. The lowest BCUT2D eigenvalue weighted by Crippen LogP contribution is -2.15. The number of hydrogen-bond acceptors (Lipinski definition) is 7. The first kappa shape index (κ1) is 13.8. The average molecular weight is 289 g/mol. The van der Waals surface area contributed by atoms with Crippen LogP contribution in [0.1, 0.15) is 6.41 Å². The fourth-order valence-electron chi connectivity index (χ4n) is 1.45. The van der Waals surface area contributed by atoms with E-state index >= 15 is 0 Å². The Hall–Kier alpha value is -1.58. The number of rotatable bonds is 5. The molecule has 11 heteroatoms. The molecule has 1 unspecified atom stereocenters. The zero-order chi connectivity index (χ0) is 14.0. The predicted octanol–water partition coefficient (Wildman–Crippen LogP) is -0.337. The number of nitrogens with two attached hydrogens (primary N) is 1. The van der Waals surface area contributed by atoms with Gasteiger partial charge in [0.25, 0.3) is 0 Å². The Kier molecular flexibility index (Phi) is 3.78. The van der Waals surface area contributed by atoms with Crippen molar-refractivity contribution in [3.05, 3.63) is 12.7 Å². The lowest BCUT2D eigenvalue weighted by molar-refractivity contribution is -0.162. The molecule has 0 saturated carbocycles. The molecule has 0 spiro atoms. The van der Waals surface area contributed by atoms with Crippen molar-refractivity contribution in [3.63, 3.8) is 0 Å². The minimum Gasteiger partial charge on any atom is -0.382 e. The van der Waals surface area contributed by atoms with Crippen LogP contribution in [-0.4, -0.2) is 42.8 Å². The van der Waals surface area contributed by atoms with E-state index in [0.717, 1.165) is 0 Å². The summed E-state index contributed by atoms with van der Waals surface area (Å²) in [6.07, 6.45) is 0.716. The molecular weight excluding hydrogens is 277 g/mol. The number of nitrogen functional groups attached to an aromatic ring is 1. The van der Waals surface area contributed by atoms with Crippen molar-refractivity contribution in [2.24, 2.45) is 0 Å². The Labute approximate surface area is 107 Å². The van der Waals surface area contributed by atoms with Crippen LogP contribution >= 0.6 is 7.60 Å². The monoisotopic (exact) mass is 289 g/mol. The van der Waals surface area contributed by atoms with Gasteiger partial charge in [-0.1, -0.05) is 0 Å². The van der Waals surface area contributed by atoms with Crippen LogP contribution in [-0.2, 0) is 14.0 Å². The zero-order valence-electron chi connectivity index (χ0n) is 9.87. The van der Waals surface area contributed by atoms with Crippen LogP contribution in [0.15, 0.2) is 12.7 Å². The summed E-state index contributed by atoms with van der Waals surface area (Å²) in [5.41, 5.74) is 6.31. The van der Waals surface area contributed by atoms with Crippen molar-refractivity contribution in [1.82, 2.24) is 19.5 Å². The molecule has 0 amide bonds. The number of imidazole rings is 1. The highest BCUT2D eigenvalue weighted by Crippen LogP contribution is 2.35. The van der Waals surface area contributed by atoms with E-state index in [0.29, 0.717) is 11.2 Å². The molecular formula is C8H12N5O5P. The van der Waals surface area contributed by atoms with Gasteiger partial charge in [-0.05, 0) is 0 Å². The average Bonchev–Trinajstić information content (AvgIpc) is 2.74. The van der Waals surface area contributed by atoms with Crippen molar-refractivity contribution in [2.75, 3.05) is 19.2 Å². The third-order valence-electron chi connectivity index (χ3n) is 2.20. The van der Waals surface area contributed by atoms with Crippen LogP contribution in [0, 0.1) is 0 Å². The van der Waals surface area contributed by atoms with Gasteiger partial charge in [0.1, 0.15) is 18.2 Å². The Morgan fingerprint density at radius 2 is 2.21 bits per heavy atom. The molecule has 0 fully saturated rings. The molecule has 4 N–H and O–H groups in total. The molecule has 1 atom stereocenters. The summed E-state index contributed by atoms with van der Waals surface area (Å²) in [7, 11) is -2.98. The summed E-state index contributed by atoms with van der Waals surface area (Å²) in [6.45, 7) is 0. The molecule has 0 bridgehead atoms. The van der Waals surface area contributed by atoms with E-state index in [1.807, 2.05) is 0 Å². The number of hydrogen-bond donors (Lipinski definition) is 3. The maximum atomic E-state index is 10.8. The van der Waals surface area contributed by atoms with Crippen LogP contribution in [0.2, 0.25) is 0 Å². The highest BCUT2D eigenvalue weighted by atomic mass is 31.2. The van der Waals surface area contributed by atoms with E-state index in [4.69, 9.17) is 25.0 Å². The third-order valence-corrected chi connectivity index (χ3v) is 2.69. The van der Waals surface area contributed by atoms with Crippen LogP contribution in [0.3, 0.4) is 0 Å². The quantitative estimate of drug-likeness (QED) is 0.497. The zero-order valence-corrected chi connectivity index (χ0v) is 10.8. The Morgan fingerprint density at radius 1 is 1.47 bits per heavy atom. The van der Waals surface area contributed by atoms with E-state index in [1.54, 1.807) is 0 Å². The van der Waals surface area contributed by atoms with Crippen molar-refractivity contribution < 1.29 is 23.8 Å². The number of ether oxygens (including phenoxy) is 2. The standard InChI is InChI=1S/C8H12N5O5P/c1-17-8(18-4-19(14,15)16)13-3-12-5-6(9)10-2-11-7(5)13/h2-3,8H,4H2,1H3,(H2,9,10,11)(H2,14,15,16). The number of fused-ring (bicyclic) bond motifs is 1. The van der Waals surface area contributed by atoms with E-state index in [1.165, 1.54) is 24.3 Å². The first-order valence-corrected chi connectivity index (χ1v) is 6.84. The summed E-state index contributed by atoms with van der Waals surface area (Å²) in [6, 6.07) is 0. The summed E-state index contributed by atoms with van der Waals surface area (Å²) in [5.74, 6) is 0.189. The molecule has 0 aromatic carbocycles. The Balaban J connectivity index is 2.31. The first-order chi connectivity index (χ1) is 8.92. The molecule has 104 valence electrons. The molecule has 0 aliphatic rings. The van der Waals surface area contributed by atoms with Gasteiger partial charge in [-0.25, -0.2) is 15.0 Å². The molecule has 2 aromatic rings. The van der Waals surface area contributed by atoms with Crippen LogP contribution in [0.4, 0.5) is 5.82 Å². The van der Waals surface area contributed by atoms with Crippen LogP contribution in [0.5, 0.6) is 0 Å². The van der Waals surface area contributed by atoms with E-state index in [9.17, 15) is 4.57 Å². The molecule has 2 rings (SSSR count). The molecule has 0 saturated heterocycles. The van der Waals surface area contributed by atoms with E-state index < -0.39 is 20.4 Å². The molecule has 2 aromatic heterocycles. The molecule has 19 heavy (non-hydrogen) atoms. The smallest absolute Gasteiger partial charge is 0.351 e. The lowest BCUT2D eigenvalue weighted by Gasteiger charge is -2.17. The summed E-state index contributed by atoms with van der Waals surface area (Å²) < 4.78 is 22.1. The van der Waals surface area contributed by atoms with Gasteiger partial charge in [-0.3, -0.25) is 9.13 Å². The molecule has 2 heterocycles. The maximum absolute atomic E-state index is 10.8. The van der Waals surface area contributed by atoms with E-state index in [-0.39, 0.29) is 5.82 Å². The lowest BCUT2D eigenvalue weighted by atomic mass is 10.5. The summed E-state index contributed by atoms with van der Waals surface area (Å²) in [5, 5.41) is 0. The Morgan fingerprint density at radius 3 is 2.84 bits per heavy atom. The van der Waals surface area contributed by atoms with Gasteiger partial charge in [0.2, 0.25) is 6.41 Å². The van der Waals surface area contributed by atoms with Crippen LogP contribution in [0.25, 0.3) is 11.2 Å². The Bertz CT molecular complexity index is 625. The minimum atomic E-state index is -4.30. The number of anilines is 1. The van der Waals surface area contributed by atoms with Crippen LogP contribution < -0.4 is 5.73 Å². The normalized spacial score (nSPS) is 13.8. The van der Waals surface area contributed by atoms with E-state index in [2.05, 4.69) is 15.0 Å². The van der Waals surface area contributed by atoms with Gasteiger partial charge in [0, 0.05) is 7.11 Å². The number of aromatic nitrogens is 4. The van der Waals surface area contributed by atoms with Gasteiger partial charge in [0.15, 0.2) is 17.8 Å². The summed E-state index contributed by atoms with van der Waals surface area (Å²) in [4.78, 5) is 29.3. The maximum Gasteiger partial charge on any atom is 0.351 e. The SMILES string of the molecule is COC(OCP(=O)(O)O)n1cnc2c(N)ncnc21. The second-order valence-electron chi connectivity index (χ2n) is 3.59. The fourth-order valence-corrected chi connectivity index (χ4v) is 1.77. The topological polar surface area (TPSA) is 146 Å². The molecule has 0 aliphatic heterocycles. The number of methoxy groups -OCH3 is 1. The van der Waals surface area contributed by atoms with Gasteiger partial charge >= 0.3 is 7.60 Å². The summed E-state index contributed by atoms with van der Waals surface area (Å²) >= 11 is 0. The molecule has 0 aliphatic carbocycles. The van der Waals surface area contributed by atoms with Crippen molar-refractivity contribution in [2.45, 2.75) is 6.41 Å². The fraction of sp³-hybridized carbons (Fsp3) is 0.375. The molecule has 10 nitrogen and oxygen atoms in total. The second kappa shape index (κ2) is 5.19. The first-order valence-electron chi connectivity index (χ1n) is 5.04. The largest absolute Gasteiger partial charge is 0.382 e. The highest BCUT2D eigenvalue weighted by molar-refractivity contribution is 7.51. The van der Waals surface area contributed by atoms with Gasteiger partial charge in [-0.2, -0.15) is 0 Å². The van der Waals surface area contributed by atoms with Crippen molar-refractivity contribution >= 4 is 24.6 Å².